The van der Waals surface area contributed by atoms with Crippen molar-refractivity contribution in [3.05, 3.63) is 0 Å². The molecule has 1 saturated heterocycles. The van der Waals surface area contributed by atoms with Gasteiger partial charge in [0.05, 0.1) is 5.92 Å². The van der Waals surface area contributed by atoms with Crippen LogP contribution in [0.2, 0.25) is 0 Å². The Morgan fingerprint density at radius 2 is 1.94 bits per heavy atom. The molecule has 3 atom stereocenters. The van der Waals surface area contributed by atoms with Gasteiger partial charge in [0.1, 0.15) is 0 Å². The molecule has 98 valence electrons. The van der Waals surface area contributed by atoms with Crippen molar-refractivity contribution in [1.82, 2.24) is 10.6 Å². The predicted molar refractivity (Wildman–Crippen MR) is 69.8 cm³/mol. The third kappa shape index (κ3) is 3.21. The Morgan fingerprint density at radius 3 is 2.53 bits per heavy atom. The second-order valence-corrected chi connectivity index (χ2v) is 5.83. The topological polar surface area (TPSA) is 41.1 Å². The number of carbonyl (C=O) groups excluding carboxylic acids is 1. The lowest BCUT2D eigenvalue weighted by Crippen LogP contribution is -2.44. The summed E-state index contributed by atoms with van der Waals surface area (Å²) >= 11 is 0. The molecule has 0 spiro atoms. The van der Waals surface area contributed by atoms with Crippen LogP contribution in [-0.4, -0.2) is 24.5 Å². The Morgan fingerprint density at radius 1 is 1.24 bits per heavy atom. The molecular formula is C14H26N2O. The first-order chi connectivity index (χ1) is 8.18. The molecule has 0 bridgehead atoms. The third-order valence-electron chi connectivity index (χ3n) is 4.59. The van der Waals surface area contributed by atoms with E-state index >= 15 is 0 Å². The molecule has 2 unspecified atom stereocenters. The van der Waals surface area contributed by atoms with Crippen LogP contribution >= 0.6 is 0 Å². The predicted octanol–water partition coefficient (Wildman–Crippen LogP) is 2.07. The van der Waals surface area contributed by atoms with Crippen LogP contribution in [0.1, 0.15) is 52.4 Å². The van der Waals surface area contributed by atoms with Crippen LogP contribution in [0.25, 0.3) is 0 Å². The van der Waals surface area contributed by atoms with E-state index in [1.807, 2.05) is 0 Å². The van der Waals surface area contributed by atoms with Gasteiger partial charge >= 0.3 is 0 Å². The maximum Gasteiger partial charge on any atom is 0.224 e. The molecule has 2 fully saturated rings. The van der Waals surface area contributed by atoms with E-state index in [4.69, 9.17) is 0 Å². The van der Waals surface area contributed by atoms with E-state index in [1.54, 1.807) is 0 Å². The van der Waals surface area contributed by atoms with Gasteiger partial charge in [0.15, 0.2) is 0 Å². The van der Waals surface area contributed by atoms with Gasteiger partial charge in [-0.05, 0) is 45.6 Å². The van der Waals surface area contributed by atoms with Crippen molar-refractivity contribution >= 4 is 5.91 Å². The summed E-state index contributed by atoms with van der Waals surface area (Å²) in [5.74, 6) is 1.15. The van der Waals surface area contributed by atoms with Gasteiger partial charge in [0, 0.05) is 12.1 Å². The zero-order chi connectivity index (χ0) is 12.3. The highest BCUT2D eigenvalue weighted by molar-refractivity contribution is 5.80. The Labute approximate surface area is 105 Å². The molecule has 0 radical (unpaired) electrons. The highest BCUT2D eigenvalue weighted by atomic mass is 16.2. The molecule has 3 heteroatoms. The average Bonchev–Trinajstić information content (AvgIpc) is 2.76. The molecule has 2 N–H and O–H groups in total. The van der Waals surface area contributed by atoms with Gasteiger partial charge in [0.25, 0.3) is 0 Å². The maximum absolute atomic E-state index is 12.2. The minimum atomic E-state index is 0.182. The highest BCUT2D eigenvalue weighted by Gasteiger charge is 2.31. The van der Waals surface area contributed by atoms with Gasteiger partial charge in [-0.25, -0.2) is 0 Å². The van der Waals surface area contributed by atoms with Crippen molar-refractivity contribution in [3.63, 3.8) is 0 Å². The summed E-state index contributed by atoms with van der Waals surface area (Å²) in [6.45, 7) is 5.28. The van der Waals surface area contributed by atoms with E-state index in [2.05, 4.69) is 24.5 Å². The molecule has 1 amide bonds. The molecule has 1 aliphatic carbocycles. The lowest BCUT2D eigenvalue weighted by Gasteiger charge is -2.29. The van der Waals surface area contributed by atoms with Crippen molar-refractivity contribution in [3.8, 4) is 0 Å². The fourth-order valence-corrected chi connectivity index (χ4v) is 3.30. The van der Waals surface area contributed by atoms with Crippen LogP contribution in [0.5, 0.6) is 0 Å². The van der Waals surface area contributed by atoms with Crippen molar-refractivity contribution in [2.45, 2.75) is 64.5 Å². The van der Waals surface area contributed by atoms with Crippen molar-refractivity contribution in [2.75, 3.05) is 6.54 Å². The van der Waals surface area contributed by atoms with Gasteiger partial charge < -0.3 is 10.6 Å². The maximum atomic E-state index is 12.2. The summed E-state index contributed by atoms with van der Waals surface area (Å²) in [6, 6.07) is 0.698. The monoisotopic (exact) mass is 238 g/mol. The molecule has 0 aromatic carbocycles. The van der Waals surface area contributed by atoms with Gasteiger partial charge in [-0.15, -0.1) is 0 Å². The Balaban J connectivity index is 1.80. The Kier molecular flexibility index (Phi) is 4.43. The Bertz CT molecular complexity index is 261. The molecule has 17 heavy (non-hydrogen) atoms. The quantitative estimate of drug-likeness (QED) is 0.790. The van der Waals surface area contributed by atoms with Gasteiger partial charge in [-0.3, -0.25) is 4.79 Å². The van der Waals surface area contributed by atoms with Gasteiger partial charge in [0.2, 0.25) is 5.91 Å². The van der Waals surface area contributed by atoms with Gasteiger partial charge in [-0.1, -0.05) is 19.3 Å². The van der Waals surface area contributed by atoms with E-state index in [-0.39, 0.29) is 11.8 Å². The fourth-order valence-electron chi connectivity index (χ4n) is 3.30. The Hall–Kier alpha value is -0.570. The zero-order valence-corrected chi connectivity index (χ0v) is 11.2. The van der Waals surface area contributed by atoms with Crippen LogP contribution < -0.4 is 10.6 Å². The third-order valence-corrected chi connectivity index (χ3v) is 4.59. The van der Waals surface area contributed by atoms with Crippen LogP contribution in [0.15, 0.2) is 0 Å². The van der Waals surface area contributed by atoms with Crippen LogP contribution in [0.3, 0.4) is 0 Å². The number of amides is 1. The first kappa shape index (κ1) is 12.9. The molecule has 2 aliphatic rings. The van der Waals surface area contributed by atoms with Crippen molar-refractivity contribution in [1.29, 1.82) is 0 Å². The fraction of sp³-hybridized carbons (Fsp3) is 0.929. The lowest BCUT2D eigenvalue weighted by atomic mass is 9.84. The van der Waals surface area contributed by atoms with Gasteiger partial charge in [-0.2, -0.15) is 0 Å². The largest absolute Gasteiger partial charge is 0.353 e. The van der Waals surface area contributed by atoms with E-state index < -0.39 is 0 Å². The average molecular weight is 238 g/mol. The summed E-state index contributed by atoms with van der Waals surface area (Å²) in [7, 11) is 0. The summed E-state index contributed by atoms with van der Waals surface area (Å²) in [6.07, 6.45) is 7.63. The second-order valence-electron chi connectivity index (χ2n) is 5.83. The van der Waals surface area contributed by atoms with Crippen LogP contribution in [0.4, 0.5) is 0 Å². The van der Waals surface area contributed by atoms with E-state index in [9.17, 15) is 4.79 Å². The van der Waals surface area contributed by atoms with Crippen molar-refractivity contribution in [2.24, 2.45) is 11.8 Å². The molecule has 0 aromatic heterocycles. The first-order valence-electron chi connectivity index (χ1n) is 7.22. The van der Waals surface area contributed by atoms with E-state index in [0.717, 1.165) is 13.0 Å². The number of rotatable bonds is 3. The molecule has 1 aliphatic heterocycles. The summed E-state index contributed by atoms with van der Waals surface area (Å²) in [4.78, 5) is 12.2. The molecule has 1 heterocycles. The molecule has 0 aromatic rings. The molecule has 3 nitrogen and oxygen atoms in total. The normalized spacial score (nSPS) is 32.4. The summed E-state index contributed by atoms with van der Waals surface area (Å²) in [5, 5.41) is 6.59. The standard InChI is InChI=1S/C14H26N2O/c1-10(12-6-4-3-5-7-12)16-14(17)13-8-9-15-11(13)2/h10-13,15H,3-9H2,1-2H3,(H,16,17)/t10-,11?,13?/m0/s1. The molecular weight excluding hydrogens is 212 g/mol. The summed E-state index contributed by atoms with van der Waals surface area (Å²) in [5.41, 5.74) is 0. The highest BCUT2D eigenvalue weighted by Crippen LogP contribution is 2.26. The van der Waals surface area contributed by atoms with E-state index in [0.29, 0.717) is 18.0 Å². The number of carbonyl (C=O) groups is 1. The first-order valence-corrected chi connectivity index (χ1v) is 7.22. The minimum absolute atomic E-state index is 0.182. The SMILES string of the molecule is CC1NCCC1C(=O)N[C@@H](C)C1CCCCC1. The van der Waals surface area contributed by atoms with Crippen molar-refractivity contribution < 1.29 is 4.79 Å². The smallest absolute Gasteiger partial charge is 0.224 e. The van der Waals surface area contributed by atoms with E-state index in [1.165, 1.54) is 32.1 Å². The number of hydrogen-bond donors (Lipinski definition) is 2. The number of hydrogen-bond acceptors (Lipinski definition) is 2. The van der Waals surface area contributed by atoms with Crippen LogP contribution in [-0.2, 0) is 4.79 Å². The molecule has 1 saturated carbocycles. The lowest BCUT2D eigenvalue weighted by molar-refractivity contribution is -0.126. The van der Waals surface area contributed by atoms with Crippen LogP contribution in [0, 0.1) is 11.8 Å². The second kappa shape index (κ2) is 5.85. The zero-order valence-electron chi connectivity index (χ0n) is 11.2. The minimum Gasteiger partial charge on any atom is -0.353 e. The number of nitrogens with one attached hydrogen (secondary N) is 2. The molecule has 2 rings (SSSR count). The summed E-state index contributed by atoms with van der Waals surface area (Å²) < 4.78 is 0.